The van der Waals surface area contributed by atoms with Gasteiger partial charge in [0.05, 0.1) is 0 Å². The zero-order chi connectivity index (χ0) is 9.90. The highest BCUT2D eigenvalue weighted by Gasteiger charge is 2.35. The van der Waals surface area contributed by atoms with Crippen LogP contribution in [0.4, 0.5) is 0 Å². The maximum Gasteiger partial charge on any atom is 0.253 e. The third-order valence-corrected chi connectivity index (χ3v) is 1.82. The van der Waals surface area contributed by atoms with Gasteiger partial charge in [0.25, 0.3) is 5.79 Å². The molecule has 0 radical (unpaired) electrons. The first-order valence-electron chi connectivity index (χ1n) is 3.70. The van der Waals surface area contributed by atoms with Gasteiger partial charge >= 0.3 is 0 Å². The lowest BCUT2D eigenvalue weighted by molar-refractivity contribution is -0.180. The van der Waals surface area contributed by atoms with Gasteiger partial charge in [-0.1, -0.05) is 0 Å². The second-order valence-electron chi connectivity index (χ2n) is 2.51. The van der Waals surface area contributed by atoms with Crippen LogP contribution in [0.1, 0.15) is 0 Å². The third-order valence-electron chi connectivity index (χ3n) is 1.82. The highest BCUT2D eigenvalue weighted by Crippen LogP contribution is 2.17. The van der Waals surface area contributed by atoms with Crippen molar-refractivity contribution >= 4 is 11.6 Å². The maximum absolute atomic E-state index is 11.4. The molecule has 0 saturated carbocycles. The Morgan fingerprint density at radius 1 is 1.08 bits per heavy atom. The second kappa shape index (κ2) is 3.64. The number of rotatable bonds is 2. The van der Waals surface area contributed by atoms with Crippen LogP contribution in [0.15, 0.2) is 24.3 Å². The second-order valence-corrected chi connectivity index (χ2v) is 2.51. The van der Waals surface area contributed by atoms with E-state index in [9.17, 15) is 9.59 Å². The van der Waals surface area contributed by atoms with Crippen molar-refractivity contribution < 1.29 is 19.1 Å². The van der Waals surface area contributed by atoms with Crippen LogP contribution in [-0.4, -0.2) is 31.6 Å². The predicted octanol–water partition coefficient (Wildman–Crippen LogP) is 0.240. The Balaban J connectivity index is 3.09. The molecule has 4 nitrogen and oxygen atoms in total. The Morgan fingerprint density at radius 2 is 1.69 bits per heavy atom. The minimum absolute atomic E-state index is 0.260. The molecular formula is C9H10O4. The van der Waals surface area contributed by atoms with Gasteiger partial charge in [0.2, 0.25) is 5.78 Å². The van der Waals surface area contributed by atoms with Crippen LogP contribution < -0.4 is 0 Å². The molecule has 0 aromatic carbocycles. The molecule has 0 fully saturated rings. The first-order chi connectivity index (χ1) is 6.14. The summed E-state index contributed by atoms with van der Waals surface area (Å²) in [7, 11) is 2.69. The normalized spacial score (nSPS) is 20.5. The van der Waals surface area contributed by atoms with Crippen molar-refractivity contribution in [3.63, 3.8) is 0 Å². The van der Waals surface area contributed by atoms with Crippen LogP contribution in [-0.2, 0) is 19.1 Å². The molecule has 1 aliphatic rings. The Bertz CT molecular complexity index is 284. The maximum atomic E-state index is 11.4. The van der Waals surface area contributed by atoms with E-state index in [0.29, 0.717) is 0 Å². The van der Waals surface area contributed by atoms with E-state index in [-0.39, 0.29) is 5.78 Å². The van der Waals surface area contributed by atoms with Crippen molar-refractivity contribution in [3.05, 3.63) is 24.3 Å². The van der Waals surface area contributed by atoms with Crippen molar-refractivity contribution in [2.75, 3.05) is 14.2 Å². The van der Waals surface area contributed by atoms with Gasteiger partial charge in [0.1, 0.15) is 0 Å². The molecular weight excluding hydrogens is 172 g/mol. The minimum atomic E-state index is -1.44. The fourth-order valence-electron chi connectivity index (χ4n) is 1.02. The first kappa shape index (κ1) is 9.83. The van der Waals surface area contributed by atoms with Crippen molar-refractivity contribution in [3.8, 4) is 0 Å². The van der Waals surface area contributed by atoms with Gasteiger partial charge in [-0.05, 0) is 24.3 Å². The van der Waals surface area contributed by atoms with Crippen LogP contribution in [0.25, 0.3) is 0 Å². The highest BCUT2D eigenvalue weighted by atomic mass is 16.7. The average Bonchev–Trinajstić information content (AvgIpc) is 2.29. The molecule has 13 heavy (non-hydrogen) atoms. The summed E-state index contributed by atoms with van der Waals surface area (Å²) < 4.78 is 9.81. The lowest BCUT2D eigenvalue weighted by Gasteiger charge is -2.23. The Kier molecular flexibility index (Phi) is 2.75. The average molecular weight is 182 g/mol. The van der Waals surface area contributed by atoms with Gasteiger partial charge in [0, 0.05) is 14.2 Å². The van der Waals surface area contributed by atoms with E-state index >= 15 is 0 Å². The summed E-state index contributed by atoms with van der Waals surface area (Å²) in [5, 5.41) is 0. The Morgan fingerprint density at radius 3 is 2.23 bits per heavy atom. The molecule has 0 aliphatic heterocycles. The molecule has 1 aliphatic carbocycles. The number of methoxy groups -OCH3 is 2. The van der Waals surface area contributed by atoms with Gasteiger partial charge in [-0.25, -0.2) is 0 Å². The topological polar surface area (TPSA) is 52.6 Å². The molecule has 0 heterocycles. The smallest absolute Gasteiger partial charge is 0.253 e. The first-order valence-corrected chi connectivity index (χ1v) is 3.70. The van der Waals surface area contributed by atoms with Crippen LogP contribution in [0.2, 0.25) is 0 Å². The molecule has 1 rings (SSSR count). The standard InChI is InChI=1S/C9H10O4/c1-12-9(13-2)6-5-7(10)3-4-8(9)11/h3-6H,1-2H3. The number of hydrogen-bond donors (Lipinski definition) is 0. The van der Waals surface area contributed by atoms with E-state index in [0.717, 1.165) is 6.08 Å². The van der Waals surface area contributed by atoms with Crippen LogP contribution >= 0.6 is 0 Å². The Labute approximate surface area is 75.8 Å². The van der Waals surface area contributed by atoms with Gasteiger partial charge in [-0.2, -0.15) is 0 Å². The number of ketones is 2. The van der Waals surface area contributed by atoms with E-state index in [4.69, 9.17) is 9.47 Å². The van der Waals surface area contributed by atoms with E-state index < -0.39 is 11.6 Å². The summed E-state index contributed by atoms with van der Waals surface area (Å²) in [4.78, 5) is 22.3. The molecule has 0 amide bonds. The monoisotopic (exact) mass is 182 g/mol. The number of carbonyl (C=O) groups excluding carboxylic acids is 2. The SMILES string of the molecule is COC1(OC)C=CC(=O)C=CC1=O. The summed E-state index contributed by atoms with van der Waals surface area (Å²) >= 11 is 0. The molecule has 0 saturated heterocycles. The van der Waals surface area contributed by atoms with Crippen molar-refractivity contribution in [2.45, 2.75) is 5.79 Å². The lowest BCUT2D eigenvalue weighted by atomic mass is 10.1. The molecule has 4 heteroatoms. The molecule has 0 atom stereocenters. The van der Waals surface area contributed by atoms with Gasteiger partial charge in [0.15, 0.2) is 5.78 Å². The van der Waals surface area contributed by atoms with Gasteiger partial charge in [-0.3, -0.25) is 9.59 Å². The summed E-state index contributed by atoms with van der Waals surface area (Å²) in [6.45, 7) is 0. The van der Waals surface area contributed by atoms with E-state index in [1.165, 1.54) is 32.4 Å². The minimum Gasteiger partial charge on any atom is -0.344 e. The Hall–Kier alpha value is -1.26. The van der Waals surface area contributed by atoms with Crippen molar-refractivity contribution in [1.82, 2.24) is 0 Å². The predicted molar refractivity (Wildman–Crippen MR) is 45.0 cm³/mol. The van der Waals surface area contributed by atoms with Crippen LogP contribution in [0.5, 0.6) is 0 Å². The molecule has 0 aromatic rings. The number of allylic oxidation sites excluding steroid dienone is 2. The van der Waals surface area contributed by atoms with Gasteiger partial charge < -0.3 is 9.47 Å². The molecule has 0 bridgehead atoms. The zero-order valence-electron chi connectivity index (χ0n) is 7.44. The van der Waals surface area contributed by atoms with E-state index in [2.05, 4.69) is 0 Å². The third kappa shape index (κ3) is 1.74. The molecule has 0 N–H and O–H groups in total. The van der Waals surface area contributed by atoms with Crippen molar-refractivity contribution in [2.24, 2.45) is 0 Å². The summed E-state index contributed by atoms with van der Waals surface area (Å²) in [5.41, 5.74) is 0. The molecule has 0 spiro atoms. The van der Waals surface area contributed by atoms with Crippen LogP contribution in [0.3, 0.4) is 0 Å². The molecule has 70 valence electrons. The van der Waals surface area contributed by atoms with Crippen molar-refractivity contribution in [1.29, 1.82) is 0 Å². The fourth-order valence-corrected chi connectivity index (χ4v) is 1.02. The summed E-state index contributed by atoms with van der Waals surface area (Å²) in [6.07, 6.45) is 4.88. The van der Waals surface area contributed by atoms with Crippen LogP contribution in [0, 0.1) is 0 Å². The zero-order valence-corrected chi connectivity index (χ0v) is 7.44. The molecule has 0 unspecified atom stereocenters. The quantitative estimate of drug-likeness (QED) is 0.574. The van der Waals surface area contributed by atoms with E-state index in [1.54, 1.807) is 0 Å². The number of carbonyl (C=O) groups is 2. The number of hydrogen-bond acceptors (Lipinski definition) is 4. The lowest BCUT2D eigenvalue weighted by Crippen LogP contribution is -2.39. The summed E-state index contributed by atoms with van der Waals surface area (Å²) in [6, 6.07) is 0. The number of ether oxygens (including phenoxy) is 2. The highest BCUT2D eigenvalue weighted by molar-refractivity contribution is 6.09. The largest absolute Gasteiger partial charge is 0.344 e. The van der Waals surface area contributed by atoms with E-state index in [1.807, 2.05) is 0 Å². The van der Waals surface area contributed by atoms with Gasteiger partial charge in [-0.15, -0.1) is 0 Å². The summed E-state index contributed by atoms with van der Waals surface area (Å²) in [5.74, 6) is -2.10. The fraction of sp³-hybridized carbons (Fsp3) is 0.333. The molecule has 0 aromatic heterocycles.